The second-order valence-electron chi connectivity index (χ2n) is 7.66. The molecule has 0 bridgehead atoms. The molecule has 2 rings (SSSR count). The summed E-state index contributed by atoms with van der Waals surface area (Å²) >= 11 is 0. The van der Waals surface area contributed by atoms with E-state index in [0.717, 1.165) is 18.3 Å². The van der Waals surface area contributed by atoms with Crippen LogP contribution in [0.2, 0.25) is 0 Å². The maximum atomic E-state index is 5.27. The highest BCUT2D eigenvalue weighted by molar-refractivity contribution is 5.79. The SMILES string of the molecule is CN=C(NCCc1nc(C(C)C)no1)NCC(C)(C)N1CCCCC1. The topological polar surface area (TPSA) is 78.6 Å². The Hall–Kier alpha value is -1.63. The largest absolute Gasteiger partial charge is 0.356 e. The summed E-state index contributed by atoms with van der Waals surface area (Å²) in [7, 11) is 1.80. The highest BCUT2D eigenvalue weighted by Gasteiger charge is 2.27. The van der Waals surface area contributed by atoms with Gasteiger partial charge in [0.1, 0.15) is 0 Å². The van der Waals surface area contributed by atoms with Gasteiger partial charge in [-0.3, -0.25) is 9.89 Å². The standard InChI is InChI=1S/C18H34N6O/c1-14(2)16-22-15(25-23-16)9-10-20-17(19-5)21-13-18(3,4)24-11-7-6-8-12-24/h14H,6-13H2,1-5H3,(H2,19,20,21). The molecule has 1 aromatic rings. The van der Waals surface area contributed by atoms with E-state index in [1.807, 2.05) is 0 Å². The van der Waals surface area contributed by atoms with Crippen LogP contribution in [0.1, 0.15) is 64.6 Å². The van der Waals surface area contributed by atoms with Gasteiger partial charge in [-0.15, -0.1) is 0 Å². The summed E-state index contributed by atoms with van der Waals surface area (Å²) in [5, 5.41) is 10.8. The van der Waals surface area contributed by atoms with E-state index in [9.17, 15) is 0 Å². The summed E-state index contributed by atoms with van der Waals surface area (Å²) < 4.78 is 5.27. The molecular weight excluding hydrogens is 316 g/mol. The van der Waals surface area contributed by atoms with Crippen molar-refractivity contribution in [3.63, 3.8) is 0 Å². The van der Waals surface area contributed by atoms with Crippen molar-refractivity contribution >= 4 is 5.96 Å². The van der Waals surface area contributed by atoms with Gasteiger partial charge in [0, 0.05) is 38.0 Å². The fraction of sp³-hybridized carbons (Fsp3) is 0.833. The second kappa shape index (κ2) is 9.17. The van der Waals surface area contributed by atoms with Crippen LogP contribution in [-0.2, 0) is 6.42 Å². The van der Waals surface area contributed by atoms with Crippen molar-refractivity contribution in [3.8, 4) is 0 Å². The third-order valence-electron chi connectivity index (χ3n) is 4.76. The summed E-state index contributed by atoms with van der Waals surface area (Å²) in [6.07, 6.45) is 4.66. The molecule has 0 amide bonds. The number of piperidine rings is 1. The zero-order chi connectivity index (χ0) is 18.3. The van der Waals surface area contributed by atoms with Gasteiger partial charge in [-0.05, 0) is 39.8 Å². The quantitative estimate of drug-likeness (QED) is 0.580. The molecule has 0 radical (unpaired) electrons. The minimum absolute atomic E-state index is 0.122. The number of nitrogens with zero attached hydrogens (tertiary/aromatic N) is 4. The Kier molecular flexibility index (Phi) is 7.23. The van der Waals surface area contributed by atoms with E-state index in [1.54, 1.807) is 7.05 Å². The van der Waals surface area contributed by atoms with E-state index in [2.05, 4.69) is 58.4 Å². The maximum absolute atomic E-state index is 5.27. The van der Waals surface area contributed by atoms with Crippen molar-refractivity contribution < 1.29 is 4.52 Å². The number of hydrogen-bond acceptors (Lipinski definition) is 5. The zero-order valence-corrected chi connectivity index (χ0v) is 16.4. The minimum Gasteiger partial charge on any atom is -0.356 e. The first kappa shape index (κ1) is 19.7. The van der Waals surface area contributed by atoms with Gasteiger partial charge in [-0.1, -0.05) is 25.4 Å². The monoisotopic (exact) mass is 350 g/mol. The molecule has 0 spiro atoms. The van der Waals surface area contributed by atoms with Crippen molar-refractivity contribution in [2.24, 2.45) is 4.99 Å². The summed E-state index contributed by atoms with van der Waals surface area (Å²) in [6.45, 7) is 12.7. The van der Waals surface area contributed by atoms with Crippen LogP contribution >= 0.6 is 0 Å². The van der Waals surface area contributed by atoms with Crippen molar-refractivity contribution in [2.45, 2.75) is 64.8 Å². The Morgan fingerprint density at radius 3 is 2.56 bits per heavy atom. The molecule has 2 N–H and O–H groups in total. The molecule has 7 nitrogen and oxygen atoms in total. The van der Waals surface area contributed by atoms with Gasteiger partial charge >= 0.3 is 0 Å². The minimum atomic E-state index is 0.122. The van der Waals surface area contributed by atoms with E-state index in [-0.39, 0.29) is 11.5 Å². The number of likely N-dealkylation sites (tertiary alicyclic amines) is 1. The molecule has 25 heavy (non-hydrogen) atoms. The van der Waals surface area contributed by atoms with Crippen molar-refractivity contribution in [2.75, 3.05) is 33.2 Å². The van der Waals surface area contributed by atoms with Crippen LogP contribution in [0.4, 0.5) is 0 Å². The van der Waals surface area contributed by atoms with Crippen LogP contribution in [0.25, 0.3) is 0 Å². The molecule has 2 heterocycles. The number of guanidine groups is 1. The summed E-state index contributed by atoms with van der Waals surface area (Å²) in [5.41, 5.74) is 0.122. The molecule has 1 aliphatic heterocycles. The molecule has 7 heteroatoms. The summed E-state index contributed by atoms with van der Waals surface area (Å²) in [6, 6.07) is 0. The third-order valence-corrected chi connectivity index (χ3v) is 4.76. The molecule has 0 unspecified atom stereocenters. The Bertz CT molecular complexity index is 546. The Labute approximate surface area is 151 Å². The molecule has 142 valence electrons. The van der Waals surface area contributed by atoms with Crippen LogP contribution in [0, 0.1) is 0 Å². The van der Waals surface area contributed by atoms with Gasteiger partial charge in [-0.25, -0.2) is 0 Å². The number of hydrogen-bond donors (Lipinski definition) is 2. The lowest BCUT2D eigenvalue weighted by atomic mass is 9.98. The molecule has 1 fully saturated rings. The molecule has 0 saturated carbocycles. The predicted octanol–water partition coefficient (Wildman–Crippen LogP) is 2.16. The number of nitrogens with one attached hydrogen (secondary N) is 2. The molecule has 0 aromatic carbocycles. The van der Waals surface area contributed by atoms with E-state index < -0.39 is 0 Å². The molecule has 1 aromatic heterocycles. The Morgan fingerprint density at radius 2 is 1.96 bits per heavy atom. The van der Waals surface area contributed by atoms with Crippen LogP contribution in [-0.4, -0.2) is 59.8 Å². The van der Waals surface area contributed by atoms with Gasteiger partial charge in [0.25, 0.3) is 0 Å². The summed E-state index contributed by atoms with van der Waals surface area (Å²) in [5.74, 6) is 2.53. The van der Waals surface area contributed by atoms with Gasteiger partial charge in [0.2, 0.25) is 5.89 Å². The summed E-state index contributed by atoms with van der Waals surface area (Å²) in [4.78, 5) is 11.3. The second-order valence-corrected chi connectivity index (χ2v) is 7.66. The van der Waals surface area contributed by atoms with E-state index in [4.69, 9.17) is 4.52 Å². The van der Waals surface area contributed by atoms with Crippen molar-refractivity contribution in [1.82, 2.24) is 25.7 Å². The lowest BCUT2D eigenvalue weighted by Gasteiger charge is -2.41. The highest BCUT2D eigenvalue weighted by Crippen LogP contribution is 2.19. The van der Waals surface area contributed by atoms with E-state index in [0.29, 0.717) is 18.9 Å². The van der Waals surface area contributed by atoms with Gasteiger partial charge in [-0.2, -0.15) is 4.98 Å². The predicted molar refractivity (Wildman–Crippen MR) is 101 cm³/mol. The normalized spacial score (nSPS) is 17.1. The van der Waals surface area contributed by atoms with Crippen molar-refractivity contribution in [3.05, 3.63) is 11.7 Å². The fourth-order valence-corrected chi connectivity index (χ4v) is 3.02. The molecule has 1 saturated heterocycles. The van der Waals surface area contributed by atoms with Crippen LogP contribution in [0.3, 0.4) is 0 Å². The van der Waals surface area contributed by atoms with Crippen LogP contribution < -0.4 is 10.6 Å². The zero-order valence-electron chi connectivity index (χ0n) is 16.4. The van der Waals surface area contributed by atoms with Crippen LogP contribution in [0.5, 0.6) is 0 Å². The average molecular weight is 351 g/mol. The average Bonchev–Trinajstić information content (AvgIpc) is 3.08. The smallest absolute Gasteiger partial charge is 0.228 e. The maximum Gasteiger partial charge on any atom is 0.228 e. The van der Waals surface area contributed by atoms with Gasteiger partial charge < -0.3 is 15.2 Å². The number of aliphatic imine (C=N–C) groups is 1. The lowest BCUT2D eigenvalue weighted by Crippen LogP contribution is -2.55. The Balaban J connectivity index is 1.74. The first-order valence-electron chi connectivity index (χ1n) is 9.44. The molecule has 1 aliphatic rings. The molecular formula is C18H34N6O. The highest BCUT2D eigenvalue weighted by atomic mass is 16.5. The van der Waals surface area contributed by atoms with E-state index in [1.165, 1.54) is 32.4 Å². The number of rotatable bonds is 7. The van der Waals surface area contributed by atoms with Crippen molar-refractivity contribution in [1.29, 1.82) is 0 Å². The fourth-order valence-electron chi connectivity index (χ4n) is 3.02. The first-order valence-corrected chi connectivity index (χ1v) is 9.44. The molecule has 0 aliphatic carbocycles. The van der Waals surface area contributed by atoms with Gasteiger partial charge in [0.05, 0.1) is 0 Å². The van der Waals surface area contributed by atoms with Crippen LogP contribution in [0.15, 0.2) is 9.52 Å². The first-order chi connectivity index (χ1) is 11.9. The van der Waals surface area contributed by atoms with Gasteiger partial charge in [0.15, 0.2) is 11.8 Å². The Morgan fingerprint density at radius 1 is 1.24 bits per heavy atom. The lowest BCUT2D eigenvalue weighted by molar-refractivity contribution is 0.0982. The van der Waals surface area contributed by atoms with E-state index >= 15 is 0 Å². The third kappa shape index (κ3) is 5.99. The number of aromatic nitrogens is 2. The molecule has 0 atom stereocenters.